The number of carboxylic acids is 1. The number of fused-ring (bicyclic) bond motifs is 1. The second-order valence-corrected chi connectivity index (χ2v) is 5.97. The number of hydrogen-bond donors (Lipinski definition) is 2. The fourth-order valence-corrected chi connectivity index (χ4v) is 3.16. The SMILES string of the molecule is CC1CCCC(Nc2ncc3ccccc3n2)(C(=O)O)C1. The van der Waals surface area contributed by atoms with Gasteiger partial charge in [0.1, 0.15) is 5.54 Å². The molecule has 0 amide bonds. The largest absolute Gasteiger partial charge is 0.480 e. The van der Waals surface area contributed by atoms with Crippen LogP contribution in [-0.2, 0) is 4.79 Å². The molecular weight excluding hydrogens is 266 g/mol. The molecule has 1 aliphatic carbocycles. The fourth-order valence-electron chi connectivity index (χ4n) is 3.16. The summed E-state index contributed by atoms with van der Waals surface area (Å²) >= 11 is 0. The van der Waals surface area contributed by atoms with Crippen LogP contribution in [0.15, 0.2) is 30.5 Å². The third-order valence-corrected chi connectivity index (χ3v) is 4.25. The van der Waals surface area contributed by atoms with Gasteiger partial charge >= 0.3 is 5.97 Å². The van der Waals surface area contributed by atoms with Crippen molar-refractivity contribution in [1.29, 1.82) is 0 Å². The minimum absolute atomic E-state index is 0.391. The Morgan fingerprint density at radius 1 is 1.43 bits per heavy atom. The van der Waals surface area contributed by atoms with Crippen LogP contribution in [0.25, 0.3) is 10.9 Å². The lowest BCUT2D eigenvalue weighted by molar-refractivity contribution is -0.144. The van der Waals surface area contributed by atoms with E-state index in [1.54, 1.807) is 6.20 Å². The monoisotopic (exact) mass is 285 g/mol. The highest BCUT2D eigenvalue weighted by molar-refractivity contribution is 5.83. The highest BCUT2D eigenvalue weighted by atomic mass is 16.4. The van der Waals surface area contributed by atoms with Crippen molar-refractivity contribution in [2.45, 2.75) is 38.1 Å². The van der Waals surface area contributed by atoms with E-state index in [9.17, 15) is 9.90 Å². The second kappa shape index (κ2) is 5.31. The number of para-hydroxylation sites is 1. The van der Waals surface area contributed by atoms with E-state index in [0.717, 1.165) is 23.7 Å². The summed E-state index contributed by atoms with van der Waals surface area (Å²) in [7, 11) is 0. The van der Waals surface area contributed by atoms with Gasteiger partial charge in [0.25, 0.3) is 0 Å². The predicted molar refractivity (Wildman–Crippen MR) is 81.2 cm³/mol. The molecule has 2 unspecified atom stereocenters. The quantitative estimate of drug-likeness (QED) is 0.906. The number of hydrogen-bond acceptors (Lipinski definition) is 4. The van der Waals surface area contributed by atoms with Crippen LogP contribution in [0.1, 0.15) is 32.6 Å². The Labute approximate surface area is 123 Å². The molecule has 1 fully saturated rings. The van der Waals surface area contributed by atoms with Gasteiger partial charge in [0, 0.05) is 11.6 Å². The number of carbonyl (C=O) groups is 1. The Hall–Kier alpha value is -2.17. The van der Waals surface area contributed by atoms with Crippen molar-refractivity contribution < 1.29 is 9.90 Å². The maximum atomic E-state index is 11.8. The van der Waals surface area contributed by atoms with E-state index < -0.39 is 11.5 Å². The van der Waals surface area contributed by atoms with Crippen LogP contribution in [0.3, 0.4) is 0 Å². The van der Waals surface area contributed by atoms with Crippen molar-refractivity contribution in [3.8, 4) is 0 Å². The molecule has 2 aromatic rings. The lowest BCUT2D eigenvalue weighted by Crippen LogP contribution is -2.50. The molecule has 0 aliphatic heterocycles. The van der Waals surface area contributed by atoms with Gasteiger partial charge in [-0.1, -0.05) is 38.0 Å². The van der Waals surface area contributed by atoms with Gasteiger partial charge in [0.2, 0.25) is 5.95 Å². The Morgan fingerprint density at radius 2 is 2.24 bits per heavy atom. The summed E-state index contributed by atoms with van der Waals surface area (Å²) in [5, 5.41) is 13.7. The molecule has 1 aromatic carbocycles. The molecule has 21 heavy (non-hydrogen) atoms. The molecule has 1 aromatic heterocycles. The van der Waals surface area contributed by atoms with Crippen molar-refractivity contribution >= 4 is 22.8 Å². The van der Waals surface area contributed by atoms with Gasteiger partial charge in [0.15, 0.2) is 0 Å². The molecule has 1 saturated carbocycles. The van der Waals surface area contributed by atoms with Gasteiger partial charge in [-0.25, -0.2) is 14.8 Å². The van der Waals surface area contributed by atoms with Crippen LogP contribution in [0.4, 0.5) is 5.95 Å². The number of anilines is 1. The van der Waals surface area contributed by atoms with Crippen LogP contribution in [-0.4, -0.2) is 26.6 Å². The van der Waals surface area contributed by atoms with Crippen LogP contribution < -0.4 is 5.32 Å². The molecule has 1 heterocycles. The Bertz CT molecular complexity index is 673. The van der Waals surface area contributed by atoms with Gasteiger partial charge in [0.05, 0.1) is 5.52 Å². The summed E-state index contributed by atoms with van der Waals surface area (Å²) in [6.07, 6.45) is 4.94. The van der Waals surface area contributed by atoms with E-state index in [1.807, 2.05) is 24.3 Å². The first-order chi connectivity index (χ1) is 10.1. The minimum Gasteiger partial charge on any atom is -0.480 e. The van der Waals surface area contributed by atoms with Crippen LogP contribution in [0, 0.1) is 5.92 Å². The summed E-state index contributed by atoms with van der Waals surface area (Å²) in [5.41, 5.74) is -0.125. The van der Waals surface area contributed by atoms with Gasteiger partial charge in [-0.3, -0.25) is 0 Å². The van der Waals surface area contributed by atoms with E-state index >= 15 is 0 Å². The summed E-state index contributed by atoms with van der Waals surface area (Å²) in [5.74, 6) is -0.0289. The second-order valence-electron chi connectivity index (χ2n) is 5.97. The molecule has 110 valence electrons. The summed E-state index contributed by atoms with van der Waals surface area (Å²) in [6, 6.07) is 7.68. The van der Waals surface area contributed by atoms with Crippen molar-refractivity contribution in [1.82, 2.24) is 9.97 Å². The maximum Gasteiger partial charge on any atom is 0.329 e. The molecule has 0 bridgehead atoms. The zero-order valence-corrected chi connectivity index (χ0v) is 12.0. The smallest absolute Gasteiger partial charge is 0.329 e. The summed E-state index contributed by atoms with van der Waals surface area (Å²) in [6.45, 7) is 2.10. The Kier molecular flexibility index (Phi) is 3.49. The number of aromatic nitrogens is 2. The summed E-state index contributed by atoms with van der Waals surface area (Å²) in [4.78, 5) is 20.5. The molecule has 2 atom stereocenters. The van der Waals surface area contributed by atoms with E-state index in [-0.39, 0.29) is 0 Å². The normalized spacial score (nSPS) is 25.7. The fraction of sp³-hybridized carbons (Fsp3) is 0.438. The first-order valence-electron chi connectivity index (χ1n) is 7.32. The first-order valence-corrected chi connectivity index (χ1v) is 7.32. The number of carboxylic acid groups (broad SMARTS) is 1. The topological polar surface area (TPSA) is 75.1 Å². The van der Waals surface area contributed by atoms with Crippen molar-refractivity contribution in [2.75, 3.05) is 5.32 Å². The Balaban J connectivity index is 1.92. The predicted octanol–water partition coefficient (Wildman–Crippen LogP) is 3.08. The number of benzene rings is 1. The molecule has 3 rings (SSSR count). The molecule has 5 nitrogen and oxygen atoms in total. The lowest BCUT2D eigenvalue weighted by Gasteiger charge is -2.37. The molecule has 0 saturated heterocycles. The van der Waals surface area contributed by atoms with E-state index in [1.165, 1.54) is 0 Å². The molecule has 0 spiro atoms. The third kappa shape index (κ3) is 2.68. The van der Waals surface area contributed by atoms with Crippen molar-refractivity contribution in [3.63, 3.8) is 0 Å². The highest BCUT2D eigenvalue weighted by Crippen LogP contribution is 2.34. The number of rotatable bonds is 3. The standard InChI is InChI=1S/C16H19N3O2/c1-11-5-4-8-16(9-11,14(20)21)19-15-17-10-12-6-2-3-7-13(12)18-15/h2-3,6-7,10-11H,4-5,8-9H2,1H3,(H,20,21)(H,17,18,19). The average molecular weight is 285 g/mol. The van der Waals surface area contributed by atoms with Crippen molar-refractivity contribution in [2.24, 2.45) is 5.92 Å². The van der Waals surface area contributed by atoms with Crippen LogP contribution >= 0.6 is 0 Å². The molecule has 0 radical (unpaired) electrons. The average Bonchev–Trinajstić information content (AvgIpc) is 2.47. The van der Waals surface area contributed by atoms with E-state index in [4.69, 9.17) is 0 Å². The van der Waals surface area contributed by atoms with E-state index in [0.29, 0.717) is 24.7 Å². The van der Waals surface area contributed by atoms with Gasteiger partial charge < -0.3 is 10.4 Å². The number of nitrogens with zero attached hydrogens (tertiary/aromatic N) is 2. The van der Waals surface area contributed by atoms with Gasteiger partial charge in [-0.2, -0.15) is 0 Å². The zero-order chi connectivity index (χ0) is 14.9. The van der Waals surface area contributed by atoms with Crippen LogP contribution in [0.2, 0.25) is 0 Å². The molecule has 1 aliphatic rings. The first kappa shape index (κ1) is 13.8. The Morgan fingerprint density at radius 3 is 3.00 bits per heavy atom. The maximum absolute atomic E-state index is 11.8. The van der Waals surface area contributed by atoms with Crippen molar-refractivity contribution in [3.05, 3.63) is 30.5 Å². The lowest BCUT2D eigenvalue weighted by atomic mass is 9.76. The third-order valence-electron chi connectivity index (χ3n) is 4.25. The summed E-state index contributed by atoms with van der Waals surface area (Å²) < 4.78 is 0. The molecular formula is C16H19N3O2. The van der Waals surface area contributed by atoms with Gasteiger partial charge in [-0.15, -0.1) is 0 Å². The number of aliphatic carboxylic acids is 1. The molecule has 2 N–H and O–H groups in total. The van der Waals surface area contributed by atoms with Crippen LogP contribution in [0.5, 0.6) is 0 Å². The molecule has 5 heteroatoms. The van der Waals surface area contributed by atoms with Gasteiger partial charge in [-0.05, 0) is 24.8 Å². The minimum atomic E-state index is -0.944. The zero-order valence-electron chi connectivity index (χ0n) is 12.0. The highest BCUT2D eigenvalue weighted by Gasteiger charge is 2.42. The number of nitrogens with one attached hydrogen (secondary N) is 1. The van der Waals surface area contributed by atoms with E-state index in [2.05, 4.69) is 22.2 Å².